The number of benzene rings is 1. The fraction of sp³-hybridized carbons (Fsp3) is 0.222. The van der Waals surface area contributed by atoms with E-state index in [2.05, 4.69) is 15.3 Å². The van der Waals surface area contributed by atoms with Crippen LogP contribution in [0.5, 0.6) is 0 Å². The molecule has 0 saturated carbocycles. The second kappa shape index (κ2) is 7.20. The Morgan fingerprint density at radius 1 is 1.26 bits per heavy atom. The number of nitrogens with zero attached hydrogens (tertiary/aromatic N) is 1. The van der Waals surface area contributed by atoms with E-state index in [0.29, 0.717) is 21.5 Å². The zero-order valence-electron chi connectivity index (χ0n) is 15.0. The van der Waals surface area contributed by atoms with Crippen molar-refractivity contribution < 1.29 is 14.3 Å². The van der Waals surface area contributed by atoms with Crippen molar-refractivity contribution in [3.63, 3.8) is 0 Å². The molecule has 1 atom stereocenters. The molecule has 0 spiro atoms. The molecule has 0 bridgehead atoms. The molecule has 9 heteroatoms. The summed E-state index contributed by atoms with van der Waals surface area (Å²) in [6.07, 6.45) is -0.735. The van der Waals surface area contributed by atoms with Crippen LogP contribution in [0.25, 0.3) is 10.2 Å². The molecule has 2 aromatic heterocycles. The molecule has 0 unspecified atom stereocenters. The van der Waals surface area contributed by atoms with Crippen LogP contribution >= 0.6 is 11.3 Å². The Hall–Kier alpha value is -3.20. The summed E-state index contributed by atoms with van der Waals surface area (Å²) in [6.45, 7) is 5.45. The Balaban J connectivity index is 1.79. The molecule has 8 nitrogen and oxygen atoms in total. The standard InChI is InChI=1S/C18H18N4O4S/c1-8-10(3)27-16-13(8)15(23)21-14(22-16)9(2)26-17(24)11-4-6-12(7-5-11)20-18(19)25/h4-7,9H,1-3H3,(H3,19,20,25)(H,21,22,23)/t9-/m0/s1. The minimum absolute atomic E-state index is 0.248. The summed E-state index contributed by atoms with van der Waals surface area (Å²) in [6, 6.07) is 5.39. The zero-order valence-corrected chi connectivity index (χ0v) is 15.8. The molecular formula is C18H18N4O4S. The summed E-state index contributed by atoms with van der Waals surface area (Å²) >= 11 is 1.43. The van der Waals surface area contributed by atoms with Gasteiger partial charge in [-0.3, -0.25) is 4.79 Å². The van der Waals surface area contributed by atoms with Gasteiger partial charge in [0.15, 0.2) is 11.9 Å². The smallest absolute Gasteiger partial charge is 0.338 e. The number of carbonyl (C=O) groups is 2. The number of esters is 1. The number of thiophene rings is 1. The van der Waals surface area contributed by atoms with Crippen LogP contribution in [-0.4, -0.2) is 22.0 Å². The number of nitrogens with two attached hydrogens (primary N) is 1. The number of ether oxygens (including phenoxy) is 1. The fourth-order valence-electron chi connectivity index (χ4n) is 2.58. The van der Waals surface area contributed by atoms with E-state index in [1.807, 2.05) is 13.8 Å². The Morgan fingerprint density at radius 3 is 2.56 bits per heavy atom. The van der Waals surface area contributed by atoms with E-state index in [1.54, 1.807) is 6.92 Å². The van der Waals surface area contributed by atoms with Crippen LogP contribution in [0.15, 0.2) is 29.1 Å². The summed E-state index contributed by atoms with van der Waals surface area (Å²) in [7, 11) is 0. The van der Waals surface area contributed by atoms with Crippen LogP contribution < -0.4 is 16.6 Å². The monoisotopic (exact) mass is 386 g/mol. The van der Waals surface area contributed by atoms with E-state index in [9.17, 15) is 14.4 Å². The third kappa shape index (κ3) is 3.82. The third-order valence-corrected chi connectivity index (χ3v) is 5.22. The van der Waals surface area contributed by atoms with Crippen molar-refractivity contribution in [2.24, 2.45) is 5.73 Å². The van der Waals surface area contributed by atoms with Crippen molar-refractivity contribution in [1.29, 1.82) is 0 Å². The zero-order chi connectivity index (χ0) is 19.7. The van der Waals surface area contributed by atoms with Crippen molar-refractivity contribution in [1.82, 2.24) is 9.97 Å². The normalized spacial score (nSPS) is 12.0. The molecule has 27 heavy (non-hydrogen) atoms. The Labute approximate surface area is 158 Å². The third-order valence-electron chi connectivity index (χ3n) is 4.11. The number of aryl methyl sites for hydroxylation is 2. The summed E-state index contributed by atoms with van der Waals surface area (Å²) < 4.78 is 5.41. The average Bonchev–Trinajstić information content (AvgIpc) is 2.89. The predicted octanol–water partition coefficient (Wildman–Crippen LogP) is 3.01. The molecule has 0 aliphatic rings. The van der Waals surface area contributed by atoms with Crippen LogP contribution in [0.4, 0.5) is 10.5 Å². The van der Waals surface area contributed by atoms with Crippen molar-refractivity contribution in [3.05, 3.63) is 56.4 Å². The first-order valence-electron chi connectivity index (χ1n) is 8.13. The molecule has 0 aliphatic carbocycles. The predicted molar refractivity (Wildman–Crippen MR) is 103 cm³/mol. The lowest BCUT2D eigenvalue weighted by atomic mass is 10.2. The highest BCUT2D eigenvalue weighted by Crippen LogP contribution is 2.27. The number of hydrogen-bond acceptors (Lipinski definition) is 6. The first-order valence-corrected chi connectivity index (χ1v) is 8.95. The lowest BCUT2D eigenvalue weighted by Crippen LogP contribution is -2.19. The molecule has 0 fully saturated rings. The van der Waals surface area contributed by atoms with Gasteiger partial charge in [-0.1, -0.05) is 0 Å². The Kier molecular flexibility index (Phi) is 4.95. The molecule has 2 amide bonds. The molecule has 0 saturated heterocycles. The molecule has 3 rings (SSSR count). The highest BCUT2D eigenvalue weighted by atomic mass is 32.1. The van der Waals surface area contributed by atoms with Crippen LogP contribution in [-0.2, 0) is 4.74 Å². The van der Waals surface area contributed by atoms with Gasteiger partial charge >= 0.3 is 12.0 Å². The second-order valence-corrected chi connectivity index (χ2v) is 7.23. The van der Waals surface area contributed by atoms with Gasteiger partial charge in [0.1, 0.15) is 4.83 Å². The number of carbonyl (C=O) groups excluding carboxylic acids is 2. The van der Waals surface area contributed by atoms with Crippen molar-refractivity contribution in [2.75, 3.05) is 5.32 Å². The van der Waals surface area contributed by atoms with E-state index >= 15 is 0 Å². The van der Waals surface area contributed by atoms with Crippen molar-refractivity contribution in [3.8, 4) is 0 Å². The first kappa shape index (κ1) is 18.6. The topological polar surface area (TPSA) is 127 Å². The largest absolute Gasteiger partial charge is 0.451 e. The van der Waals surface area contributed by atoms with Crippen LogP contribution in [0, 0.1) is 13.8 Å². The van der Waals surface area contributed by atoms with Gasteiger partial charge in [-0.05, 0) is 50.6 Å². The lowest BCUT2D eigenvalue weighted by Gasteiger charge is -2.13. The maximum absolute atomic E-state index is 12.3. The summed E-state index contributed by atoms with van der Waals surface area (Å²) in [5, 5.41) is 2.97. The summed E-state index contributed by atoms with van der Waals surface area (Å²) in [5.74, 6) is -0.288. The number of nitrogens with one attached hydrogen (secondary N) is 2. The van der Waals surface area contributed by atoms with E-state index < -0.39 is 18.1 Å². The number of H-pyrrole nitrogens is 1. The van der Waals surface area contributed by atoms with E-state index in [0.717, 1.165) is 10.4 Å². The highest BCUT2D eigenvalue weighted by Gasteiger charge is 2.19. The second-order valence-electron chi connectivity index (χ2n) is 6.03. The van der Waals surface area contributed by atoms with Gasteiger partial charge in [0, 0.05) is 10.6 Å². The first-order chi connectivity index (χ1) is 12.8. The van der Waals surface area contributed by atoms with Gasteiger partial charge in [0.25, 0.3) is 5.56 Å². The molecule has 2 heterocycles. The van der Waals surface area contributed by atoms with Gasteiger partial charge in [-0.25, -0.2) is 14.6 Å². The van der Waals surface area contributed by atoms with E-state index in [1.165, 1.54) is 35.6 Å². The van der Waals surface area contributed by atoms with Gasteiger partial charge in [0.05, 0.1) is 10.9 Å². The Bertz CT molecular complexity index is 1090. The van der Waals surface area contributed by atoms with Gasteiger partial charge in [0.2, 0.25) is 0 Å². The van der Waals surface area contributed by atoms with Crippen molar-refractivity contribution in [2.45, 2.75) is 26.9 Å². The SMILES string of the molecule is Cc1sc2nc([C@H](C)OC(=O)c3ccc(NC(N)=O)cc3)[nH]c(=O)c2c1C. The van der Waals surface area contributed by atoms with Gasteiger partial charge < -0.3 is 20.8 Å². The number of aromatic nitrogens is 2. The minimum Gasteiger partial charge on any atom is -0.451 e. The quantitative estimate of drug-likeness (QED) is 0.594. The summed E-state index contributed by atoms with van der Waals surface area (Å²) in [4.78, 5) is 44.3. The van der Waals surface area contributed by atoms with Crippen LogP contribution in [0.2, 0.25) is 0 Å². The molecule has 3 aromatic rings. The molecule has 4 N–H and O–H groups in total. The fourth-order valence-corrected chi connectivity index (χ4v) is 3.62. The number of anilines is 1. The van der Waals surface area contributed by atoms with E-state index in [-0.39, 0.29) is 11.4 Å². The molecule has 0 aliphatic heterocycles. The highest BCUT2D eigenvalue weighted by molar-refractivity contribution is 7.18. The van der Waals surface area contributed by atoms with Crippen LogP contribution in [0.1, 0.15) is 39.7 Å². The number of primary amides is 1. The van der Waals surface area contributed by atoms with Gasteiger partial charge in [-0.15, -0.1) is 11.3 Å². The number of urea groups is 1. The maximum atomic E-state index is 12.3. The number of aromatic amines is 1. The number of hydrogen-bond donors (Lipinski definition) is 3. The Morgan fingerprint density at radius 2 is 1.93 bits per heavy atom. The average molecular weight is 386 g/mol. The number of rotatable bonds is 4. The maximum Gasteiger partial charge on any atom is 0.338 e. The summed E-state index contributed by atoms with van der Waals surface area (Å²) in [5.41, 5.74) is 6.46. The van der Waals surface area contributed by atoms with Crippen LogP contribution in [0.3, 0.4) is 0 Å². The minimum atomic E-state index is -0.735. The molecular weight excluding hydrogens is 368 g/mol. The molecule has 140 valence electrons. The lowest BCUT2D eigenvalue weighted by molar-refractivity contribution is 0.0320. The van der Waals surface area contributed by atoms with E-state index in [4.69, 9.17) is 10.5 Å². The molecule has 0 radical (unpaired) electrons. The number of fused-ring (bicyclic) bond motifs is 1. The van der Waals surface area contributed by atoms with Gasteiger partial charge in [-0.2, -0.15) is 0 Å². The van der Waals surface area contributed by atoms with Crippen molar-refractivity contribution >= 4 is 39.2 Å². The molecule has 1 aromatic carbocycles. The number of amides is 2.